The van der Waals surface area contributed by atoms with E-state index in [2.05, 4.69) is 53.7 Å². The van der Waals surface area contributed by atoms with Crippen LogP contribution < -0.4 is 0 Å². The number of allylic oxidation sites excluding steroid dienone is 6. The first-order chi connectivity index (χ1) is 7.45. The maximum atomic E-state index is 2.30. The topological polar surface area (TPSA) is 0 Å². The fourth-order valence-electron chi connectivity index (χ4n) is 2.45. The summed E-state index contributed by atoms with van der Waals surface area (Å²) in [5.41, 5.74) is 6.02. The van der Waals surface area contributed by atoms with Gasteiger partial charge in [-0.2, -0.15) is 0 Å². The van der Waals surface area contributed by atoms with E-state index >= 15 is 0 Å². The molecule has 92 valence electrons. The number of rotatable bonds is 2. The first-order valence-corrected chi connectivity index (χ1v) is 6.51. The second kappa shape index (κ2) is 6.73. The molecule has 0 aliphatic heterocycles. The van der Waals surface area contributed by atoms with Crippen molar-refractivity contribution in [3.8, 4) is 0 Å². The Kier molecular flexibility index (Phi) is 6.40. The van der Waals surface area contributed by atoms with E-state index in [-0.39, 0.29) is 0 Å². The minimum atomic E-state index is 0.599. The summed E-state index contributed by atoms with van der Waals surface area (Å²) in [4.78, 5) is 0. The van der Waals surface area contributed by atoms with Crippen molar-refractivity contribution in [1.82, 2.24) is 0 Å². The Morgan fingerprint density at radius 1 is 1.19 bits per heavy atom. The summed E-state index contributed by atoms with van der Waals surface area (Å²) >= 11 is 0. The Balaban J connectivity index is 0.00000106. The van der Waals surface area contributed by atoms with Crippen LogP contribution in [0.15, 0.2) is 34.4 Å². The van der Waals surface area contributed by atoms with E-state index in [9.17, 15) is 0 Å². The fraction of sp³-hybridized carbons (Fsp3) is 0.625. The molecule has 1 unspecified atom stereocenters. The standard InChI is InChI=1S/C14H22.C2H6/c1-9(2)13(10(3)4)14-11(5)7-8-12(14)6;1-2/h7-9,11H,1-6H3;1-2H3. The van der Waals surface area contributed by atoms with Gasteiger partial charge in [-0.25, -0.2) is 0 Å². The molecule has 16 heavy (non-hydrogen) atoms. The van der Waals surface area contributed by atoms with Crippen molar-refractivity contribution in [2.45, 2.75) is 55.4 Å². The van der Waals surface area contributed by atoms with Gasteiger partial charge in [0, 0.05) is 0 Å². The van der Waals surface area contributed by atoms with Crippen LogP contribution in [0.2, 0.25) is 0 Å². The first-order valence-electron chi connectivity index (χ1n) is 6.51. The van der Waals surface area contributed by atoms with Crippen LogP contribution in [0.3, 0.4) is 0 Å². The van der Waals surface area contributed by atoms with E-state index in [1.165, 1.54) is 11.1 Å². The lowest BCUT2D eigenvalue weighted by atomic mass is 9.85. The Morgan fingerprint density at radius 2 is 1.69 bits per heavy atom. The van der Waals surface area contributed by atoms with Crippen molar-refractivity contribution in [2.24, 2.45) is 11.8 Å². The molecule has 0 aromatic heterocycles. The van der Waals surface area contributed by atoms with Gasteiger partial charge in [-0.3, -0.25) is 0 Å². The third-order valence-corrected chi connectivity index (χ3v) is 2.92. The molecular formula is C16H28. The highest BCUT2D eigenvalue weighted by molar-refractivity contribution is 5.49. The van der Waals surface area contributed by atoms with Gasteiger partial charge in [0.05, 0.1) is 0 Å². The lowest BCUT2D eigenvalue weighted by molar-refractivity contribution is 0.726. The molecule has 0 aromatic carbocycles. The van der Waals surface area contributed by atoms with Gasteiger partial charge in [0.15, 0.2) is 0 Å². The zero-order valence-corrected chi connectivity index (χ0v) is 12.3. The molecule has 0 heteroatoms. The van der Waals surface area contributed by atoms with Gasteiger partial charge in [-0.1, -0.05) is 52.3 Å². The van der Waals surface area contributed by atoms with E-state index < -0.39 is 0 Å². The van der Waals surface area contributed by atoms with E-state index in [1.807, 2.05) is 13.8 Å². The van der Waals surface area contributed by atoms with Crippen LogP contribution in [0.25, 0.3) is 0 Å². The highest BCUT2D eigenvalue weighted by Gasteiger charge is 2.20. The van der Waals surface area contributed by atoms with Crippen molar-refractivity contribution < 1.29 is 0 Å². The van der Waals surface area contributed by atoms with Gasteiger partial charge < -0.3 is 0 Å². The Hall–Kier alpha value is -0.780. The molecule has 0 radical (unpaired) electrons. The maximum Gasteiger partial charge on any atom is -0.000179 e. The normalized spacial score (nSPS) is 18.7. The minimum absolute atomic E-state index is 0.599. The highest BCUT2D eigenvalue weighted by Crippen LogP contribution is 2.35. The molecule has 0 bridgehead atoms. The average Bonchev–Trinajstić information content (AvgIpc) is 2.52. The molecule has 0 amide bonds. The zero-order valence-electron chi connectivity index (χ0n) is 12.3. The van der Waals surface area contributed by atoms with Crippen LogP contribution in [0.4, 0.5) is 0 Å². The van der Waals surface area contributed by atoms with Crippen LogP contribution >= 0.6 is 0 Å². The Labute approximate surface area is 102 Å². The SMILES string of the molecule is CC.CC(C)=C(C1=C(C)C=CC1C)C(C)C. The molecule has 0 aromatic rings. The van der Waals surface area contributed by atoms with Crippen LogP contribution in [0, 0.1) is 11.8 Å². The molecular weight excluding hydrogens is 192 g/mol. The zero-order chi connectivity index (χ0) is 12.9. The third kappa shape index (κ3) is 3.37. The van der Waals surface area contributed by atoms with Crippen LogP contribution in [-0.4, -0.2) is 0 Å². The minimum Gasteiger partial charge on any atom is -0.0770 e. The van der Waals surface area contributed by atoms with E-state index in [0.717, 1.165) is 0 Å². The summed E-state index contributed by atoms with van der Waals surface area (Å²) in [6.45, 7) is 17.5. The molecule has 1 aliphatic carbocycles. The number of hydrogen-bond acceptors (Lipinski definition) is 0. The molecule has 1 rings (SSSR count). The molecule has 0 nitrogen and oxygen atoms in total. The van der Waals surface area contributed by atoms with E-state index in [0.29, 0.717) is 11.8 Å². The van der Waals surface area contributed by atoms with Crippen molar-refractivity contribution in [2.75, 3.05) is 0 Å². The van der Waals surface area contributed by atoms with Gasteiger partial charge in [-0.05, 0) is 49.3 Å². The summed E-state index contributed by atoms with van der Waals surface area (Å²) in [5, 5.41) is 0. The molecule has 0 saturated heterocycles. The third-order valence-electron chi connectivity index (χ3n) is 2.92. The van der Waals surface area contributed by atoms with Gasteiger partial charge >= 0.3 is 0 Å². The van der Waals surface area contributed by atoms with Crippen molar-refractivity contribution in [1.29, 1.82) is 0 Å². The first kappa shape index (κ1) is 15.2. The highest BCUT2D eigenvalue weighted by atomic mass is 14.2. The Morgan fingerprint density at radius 3 is 1.94 bits per heavy atom. The molecule has 0 heterocycles. The fourth-order valence-corrected chi connectivity index (χ4v) is 2.45. The monoisotopic (exact) mass is 220 g/mol. The van der Waals surface area contributed by atoms with Crippen LogP contribution in [0.1, 0.15) is 55.4 Å². The summed E-state index contributed by atoms with van der Waals surface area (Å²) in [5.74, 6) is 1.23. The van der Waals surface area contributed by atoms with Crippen molar-refractivity contribution in [3.05, 3.63) is 34.4 Å². The maximum absolute atomic E-state index is 2.30. The Bertz CT molecular complexity index is 307. The second-order valence-corrected chi connectivity index (χ2v) is 4.81. The van der Waals surface area contributed by atoms with Crippen molar-refractivity contribution >= 4 is 0 Å². The second-order valence-electron chi connectivity index (χ2n) is 4.81. The van der Waals surface area contributed by atoms with Crippen LogP contribution in [0.5, 0.6) is 0 Å². The van der Waals surface area contributed by atoms with Crippen LogP contribution in [-0.2, 0) is 0 Å². The number of hydrogen-bond donors (Lipinski definition) is 0. The van der Waals surface area contributed by atoms with E-state index in [4.69, 9.17) is 0 Å². The largest absolute Gasteiger partial charge is 0.0770 e. The molecule has 1 atom stereocenters. The summed E-state index contributed by atoms with van der Waals surface area (Å²) in [6.07, 6.45) is 4.56. The lowest BCUT2D eigenvalue weighted by Gasteiger charge is -2.20. The summed E-state index contributed by atoms with van der Waals surface area (Å²) in [6, 6.07) is 0. The van der Waals surface area contributed by atoms with Gasteiger partial charge in [0.25, 0.3) is 0 Å². The quantitative estimate of drug-likeness (QED) is 0.574. The van der Waals surface area contributed by atoms with E-state index in [1.54, 1.807) is 11.1 Å². The van der Waals surface area contributed by atoms with Gasteiger partial charge in [0.2, 0.25) is 0 Å². The lowest BCUT2D eigenvalue weighted by Crippen LogP contribution is -2.06. The van der Waals surface area contributed by atoms with Gasteiger partial charge in [-0.15, -0.1) is 0 Å². The summed E-state index contributed by atoms with van der Waals surface area (Å²) < 4.78 is 0. The molecule has 0 N–H and O–H groups in total. The average molecular weight is 220 g/mol. The molecule has 0 spiro atoms. The smallest absolute Gasteiger partial charge is 0.000179 e. The molecule has 0 saturated carbocycles. The predicted molar refractivity (Wildman–Crippen MR) is 75.6 cm³/mol. The van der Waals surface area contributed by atoms with Crippen molar-refractivity contribution in [3.63, 3.8) is 0 Å². The summed E-state index contributed by atoms with van der Waals surface area (Å²) in [7, 11) is 0. The molecule has 1 aliphatic rings. The molecule has 0 fully saturated rings. The van der Waals surface area contributed by atoms with Gasteiger partial charge in [0.1, 0.15) is 0 Å². The predicted octanol–water partition coefficient (Wildman–Crippen LogP) is 5.53.